The van der Waals surface area contributed by atoms with Crippen molar-refractivity contribution >= 4 is 21.6 Å². The normalized spacial score (nSPS) is 11.7. The number of nitrogens with one attached hydrogen (secondary N) is 1. The molecule has 1 aromatic heterocycles. The zero-order chi connectivity index (χ0) is 24.0. The molecule has 0 radical (unpaired) electrons. The van der Waals surface area contributed by atoms with Gasteiger partial charge in [0.2, 0.25) is 10.0 Å². The van der Waals surface area contributed by atoms with Gasteiger partial charge in [0.05, 0.1) is 23.2 Å². The van der Waals surface area contributed by atoms with Crippen molar-refractivity contribution in [1.29, 1.82) is 0 Å². The molecule has 0 unspecified atom stereocenters. The van der Waals surface area contributed by atoms with Gasteiger partial charge in [0, 0.05) is 18.7 Å². The van der Waals surface area contributed by atoms with Crippen LogP contribution in [-0.4, -0.2) is 52.6 Å². The second kappa shape index (κ2) is 10.6. The van der Waals surface area contributed by atoms with Gasteiger partial charge in [0.1, 0.15) is 18.4 Å². The van der Waals surface area contributed by atoms with Gasteiger partial charge >= 0.3 is 0 Å². The zero-order valence-corrected chi connectivity index (χ0v) is 20.0. The van der Waals surface area contributed by atoms with Crippen molar-refractivity contribution in [2.75, 3.05) is 18.4 Å². The highest BCUT2D eigenvalue weighted by molar-refractivity contribution is 7.89. The van der Waals surface area contributed by atoms with E-state index in [9.17, 15) is 13.2 Å². The number of ether oxygens (including phenoxy) is 1. The lowest BCUT2D eigenvalue weighted by Gasteiger charge is -2.20. The second-order valence-corrected chi connectivity index (χ2v) is 9.60. The predicted octanol–water partition coefficient (Wildman–Crippen LogP) is 3.40. The van der Waals surface area contributed by atoms with Crippen LogP contribution in [0.5, 0.6) is 5.75 Å². The molecule has 9 nitrogen and oxygen atoms in total. The minimum absolute atomic E-state index is 0.0980. The number of hydrogen-bond donors (Lipinski definition) is 1. The van der Waals surface area contributed by atoms with Gasteiger partial charge in [0.15, 0.2) is 0 Å². The van der Waals surface area contributed by atoms with Crippen LogP contribution < -0.4 is 10.1 Å². The van der Waals surface area contributed by atoms with E-state index in [1.165, 1.54) is 22.8 Å². The van der Waals surface area contributed by atoms with Gasteiger partial charge in [-0.3, -0.25) is 4.79 Å². The van der Waals surface area contributed by atoms with Crippen molar-refractivity contribution in [2.24, 2.45) is 0 Å². The van der Waals surface area contributed by atoms with Crippen LogP contribution in [0.25, 0.3) is 0 Å². The molecule has 33 heavy (non-hydrogen) atoms. The maximum absolute atomic E-state index is 13.0. The zero-order valence-electron chi connectivity index (χ0n) is 19.2. The Bertz CT molecular complexity index is 1170. The first kappa shape index (κ1) is 24.4. The third-order valence-electron chi connectivity index (χ3n) is 4.93. The Hall–Kier alpha value is -3.24. The van der Waals surface area contributed by atoms with E-state index >= 15 is 0 Å². The molecule has 3 aromatic rings. The van der Waals surface area contributed by atoms with Crippen LogP contribution in [0.15, 0.2) is 60.0 Å². The Morgan fingerprint density at radius 1 is 1.12 bits per heavy atom. The van der Waals surface area contributed by atoms with Crippen LogP contribution in [0.4, 0.5) is 5.69 Å². The largest absolute Gasteiger partial charge is 0.489 e. The van der Waals surface area contributed by atoms with Crippen LogP contribution in [0, 0.1) is 0 Å². The van der Waals surface area contributed by atoms with Crippen molar-refractivity contribution < 1.29 is 17.9 Å². The molecule has 10 heteroatoms. The summed E-state index contributed by atoms with van der Waals surface area (Å²) in [4.78, 5) is 16.9. The quantitative estimate of drug-likeness (QED) is 0.486. The summed E-state index contributed by atoms with van der Waals surface area (Å²) >= 11 is 0. The van der Waals surface area contributed by atoms with E-state index in [0.717, 1.165) is 5.56 Å². The van der Waals surface area contributed by atoms with Crippen LogP contribution in [0.1, 0.15) is 43.6 Å². The summed E-state index contributed by atoms with van der Waals surface area (Å²) in [6.45, 7) is 8.54. The Balaban J connectivity index is 1.86. The number of aromatic nitrogens is 3. The summed E-state index contributed by atoms with van der Waals surface area (Å²) in [6, 6.07) is 11.6. The summed E-state index contributed by atoms with van der Waals surface area (Å²) in [6.07, 6.45) is 2.94. The van der Waals surface area contributed by atoms with Crippen LogP contribution in [0.2, 0.25) is 0 Å². The fourth-order valence-corrected chi connectivity index (χ4v) is 4.78. The SMILES string of the molecule is CCN(CC)S(=O)(=O)c1ccc(OC(C)C)c(NC(=O)c2ccc(Cn3cncn3)cc2)c1. The van der Waals surface area contributed by atoms with Crippen molar-refractivity contribution in [2.45, 2.75) is 45.2 Å². The topological polar surface area (TPSA) is 106 Å². The molecule has 3 rings (SSSR count). The minimum Gasteiger partial charge on any atom is -0.489 e. The highest BCUT2D eigenvalue weighted by Gasteiger charge is 2.23. The monoisotopic (exact) mass is 471 g/mol. The summed E-state index contributed by atoms with van der Waals surface area (Å²) in [5.41, 5.74) is 1.70. The molecule has 176 valence electrons. The summed E-state index contributed by atoms with van der Waals surface area (Å²) in [5.74, 6) is 0.0351. The third kappa shape index (κ3) is 5.96. The maximum atomic E-state index is 13.0. The lowest BCUT2D eigenvalue weighted by molar-refractivity contribution is 0.102. The van der Waals surface area contributed by atoms with Gasteiger partial charge < -0.3 is 10.1 Å². The number of anilines is 1. The lowest BCUT2D eigenvalue weighted by atomic mass is 10.1. The summed E-state index contributed by atoms with van der Waals surface area (Å²) in [5, 5.41) is 6.88. The van der Waals surface area contributed by atoms with Crippen LogP contribution in [0.3, 0.4) is 0 Å². The van der Waals surface area contributed by atoms with Crippen LogP contribution >= 0.6 is 0 Å². The molecule has 0 aliphatic rings. The van der Waals surface area contributed by atoms with E-state index in [0.29, 0.717) is 36.6 Å². The number of amides is 1. The second-order valence-electron chi connectivity index (χ2n) is 7.66. The molecule has 0 aliphatic heterocycles. The summed E-state index contributed by atoms with van der Waals surface area (Å²) < 4.78 is 34.8. The van der Waals surface area contributed by atoms with Gasteiger partial charge in [-0.1, -0.05) is 26.0 Å². The highest BCUT2D eigenvalue weighted by atomic mass is 32.2. The molecular formula is C23H29N5O4S. The Morgan fingerprint density at radius 2 is 1.82 bits per heavy atom. The molecule has 1 amide bonds. The fourth-order valence-electron chi connectivity index (χ4n) is 3.29. The number of sulfonamides is 1. The number of carbonyl (C=O) groups is 1. The highest BCUT2D eigenvalue weighted by Crippen LogP contribution is 2.30. The number of carbonyl (C=O) groups excluding carboxylic acids is 1. The smallest absolute Gasteiger partial charge is 0.255 e. The lowest BCUT2D eigenvalue weighted by Crippen LogP contribution is -2.30. The molecule has 0 spiro atoms. The minimum atomic E-state index is -3.69. The van der Waals surface area contributed by atoms with Crippen molar-refractivity contribution in [1.82, 2.24) is 19.1 Å². The fraction of sp³-hybridized carbons (Fsp3) is 0.348. The molecule has 0 bridgehead atoms. The van der Waals surface area contributed by atoms with Gasteiger partial charge in [-0.05, 0) is 49.7 Å². The van der Waals surface area contributed by atoms with Gasteiger partial charge in [0.25, 0.3) is 5.91 Å². The maximum Gasteiger partial charge on any atom is 0.255 e. The Kier molecular flexibility index (Phi) is 7.83. The first-order valence-electron chi connectivity index (χ1n) is 10.8. The van der Waals surface area contributed by atoms with Crippen molar-refractivity contribution in [3.05, 3.63) is 66.2 Å². The standard InChI is InChI=1S/C23H29N5O4S/c1-5-28(6-2)33(30,31)20-11-12-22(32-17(3)4)21(13-20)26-23(29)19-9-7-18(8-10-19)14-27-16-24-15-25-27/h7-13,15-17H,5-6,14H2,1-4H3,(H,26,29). The van der Waals surface area contributed by atoms with Crippen LogP contribution in [-0.2, 0) is 16.6 Å². The average molecular weight is 472 g/mol. The number of hydrogen-bond acceptors (Lipinski definition) is 6. The molecule has 0 saturated carbocycles. The van der Waals surface area contributed by atoms with Gasteiger partial charge in [-0.15, -0.1) is 0 Å². The Morgan fingerprint density at radius 3 is 2.39 bits per heavy atom. The predicted molar refractivity (Wildman–Crippen MR) is 126 cm³/mol. The number of nitrogens with zero attached hydrogens (tertiary/aromatic N) is 4. The van der Waals surface area contributed by atoms with E-state index in [1.807, 2.05) is 26.0 Å². The molecule has 0 fully saturated rings. The van der Waals surface area contributed by atoms with E-state index in [2.05, 4.69) is 15.4 Å². The van der Waals surface area contributed by atoms with E-state index in [-0.39, 0.29) is 16.9 Å². The summed E-state index contributed by atoms with van der Waals surface area (Å²) in [7, 11) is -3.69. The number of rotatable bonds is 10. The first-order chi connectivity index (χ1) is 15.7. The molecule has 0 aliphatic carbocycles. The van der Waals surface area contributed by atoms with Crippen molar-refractivity contribution in [3.63, 3.8) is 0 Å². The third-order valence-corrected chi connectivity index (χ3v) is 6.98. The van der Waals surface area contributed by atoms with Gasteiger partial charge in [-0.25, -0.2) is 18.1 Å². The molecule has 1 N–H and O–H groups in total. The average Bonchev–Trinajstić information content (AvgIpc) is 3.28. The molecule has 0 saturated heterocycles. The van der Waals surface area contributed by atoms with Crippen molar-refractivity contribution in [3.8, 4) is 5.75 Å². The van der Waals surface area contributed by atoms with Gasteiger partial charge in [-0.2, -0.15) is 9.40 Å². The molecular weight excluding hydrogens is 442 g/mol. The Labute approximate surface area is 194 Å². The molecule has 1 heterocycles. The molecule has 0 atom stereocenters. The number of benzene rings is 2. The van der Waals surface area contributed by atoms with E-state index in [1.54, 1.807) is 43.1 Å². The molecule has 2 aromatic carbocycles. The van der Waals surface area contributed by atoms with E-state index in [4.69, 9.17) is 4.74 Å². The van der Waals surface area contributed by atoms with E-state index < -0.39 is 10.0 Å². The first-order valence-corrected chi connectivity index (χ1v) is 12.2.